The molecule has 1 unspecified atom stereocenters. The van der Waals surface area contributed by atoms with Crippen molar-refractivity contribution >= 4 is 61.0 Å². The van der Waals surface area contributed by atoms with Crippen LogP contribution in [0.3, 0.4) is 0 Å². The van der Waals surface area contributed by atoms with Gasteiger partial charge in [0.15, 0.2) is 5.75 Å². The lowest BCUT2D eigenvalue weighted by atomic mass is 9.84. The number of carbonyl (C=O) groups excluding carboxylic acids is 1. The number of hydrogen-bond acceptors (Lipinski definition) is 6. The number of nitrogens with two attached hydrogens (primary N) is 1. The molecule has 0 spiro atoms. The Bertz CT molecular complexity index is 1820. The lowest BCUT2D eigenvalue weighted by molar-refractivity contribution is 0.0952. The summed E-state index contributed by atoms with van der Waals surface area (Å²) in [4.78, 5) is 13.2. The number of amides is 1. The van der Waals surface area contributed by atoms with Gasteiger partial charge in [-0.05, 0) is 71.0 Å². The van der Waals surface area contributed by atoms with Crippen LogP contribution in [0.2, 0.25) is 0 Å². The minimum atomic E-state index is -0.568. The summed E-state index contributed by atoms with van der Waals surface area (Å²) >= 11 is 3.46. The van der Waals surface area contributed by atoms with Gasteiger partial charge in [-0.3, -0.25) is 4.79 Å². The summed E-state index contributed by atoms with van der Waals surface area (Å²) in [6.07, 6.45) is 4.25. The number of benzene rings is 5. The van der Waals surface area contributed by atoms with E-state index in [-0.39, 0.29) is 22.5 Å². The molecule has 0 aliphatic heterocycles. The van der Waals surface area contributed by atoms with Gasteiger partial charge in [-0.2, -0.15) is 10.2 Å². The maximum atomic E-state index is 13.2. The van der Waals surface area contributed by atoms with Crippen LogP contribution in [-0.4, -0.2) is 17.2 Å². The molecule has 0 saturated heterocycles. The van der Waals surface area contributed by atoms with Gasteiger partial charge in [-0.1, -0.05) is 90.8 Å². The minimum absolute atomic E-state index is 0.0433. The fourth-order valence-corrected chi connectivity index (χ4v) is 5.46. The second-order valence-corrected chi connectivity index (χ2v) is 11.1. The Kier molecular flexibility index (Phi) is 8.75. The third-order valence-corrected chi connectivity index (χ3v) is 8.23. The van der Waals surface area contributed by atoms with Crippen LogP contribution >= 0.6 is 15.9 Å². The number of nitrogens with one attached hydrogen (secondary N) is 1. The molecule has 212 valence electrons. The molecule has 1 amide bonds. The number of phenolic OH excluding ortho intramolecular Hbond substituents is 1. The standard InChI is InChI=1S/C34H32BrN5O2/c1-3-17-34(36,4-2)26-13-15-27(16-14-26)38-39-31-28-19-23-10-6-5-9-22(23)18-25(28)20-29(32(31)41)33(42)40-37-21-24-11-7-8-12-30(24)35/h5-16,18-21,41H,3-4,17,36H2,1-2H3,(H,40,42). The predicted octanol–water partition coefficient (Wildman–Crippen LogP) is 9.00. The maximum Gasteiger partial charge on any atom is 0.275 e. The number of carbonyl (C=O) groups is 1. The molecular weight excluding hydrogens is 590 g/mol. The van der Waals surface area contributed by atoms with Crippen LogP contribution in [0.25, 0.3) is 21.5 Å². The summed E-state index contributed by atoms with van der Waals surface area (Å²) < 4.78 is 0.844. The molecule has 0 aliphatic carbocycles. The molecule has 0 heterocycles. The summed E-state index contributed by atoms with van der Waals surface area (Å²) in [6, 6.07) is 28.7. The molecule has 7 nitrogen and oxygen atoms in total. The number of nitrogens with zero attached hydrogens (tertiary/aromatic N) is 3. The number of phenols is 1. The molecule has 0 aliphatic rings. The highest BCUT2D eigenvalue weighted by Crippen LogP contribution is 2.41. The van der Waals surface area contributed by atoms with Crippen molar-refractivity contribution in [3.63, 3.8) is 0 Å². The van der Waals surface area contributed by atoms with Gasteiger partial charge in [0.25, 0.3) is 5.91 Å². The van der Waals surface area contributed by atoms with Crippen LogP contribution in [0, 0.1) is 0 Å². The van der Waals surface area contributed by atoms with Gasteiger partial charge in [0.1, 0.15) is 5.69 Å². The van der Waals surface area contributed by atoms with Crippen LogP contribution in [0.4, 0.5) is 11.4 Å². The van der Waals surface area contributed by atoms with Gasteiger partial charge < -0.3 is 10.8 Å². The van der Waals surface area contributed by atoms with E-state index in [1.54, 1.807) is 6.07 Å². The zero-order valence-corrected chi connectivity index (χ0v) is 25.1. The average Bonchev–Trinajstić information content (AvgIpc) is 3.00. The Labute approximate surface area is 253 Å². The largest absolute Gasteiger partial charge is 0.505 e. The Hall–Kier alpha value is -4.40. The zero-order chi connectivity index (χ0) is 29.7. The molecule has 0 aromatic heterocycles. The first-order chi connectivity index (χ1) is 20.3. The average molecular weight is 623 g/mol. The van der Waals surface area contributed by atoms with Crippen molar-refractivity contribution in [1.82, 2.24) is 5.43 Å². The van der Waals surface area contributed by atoms with E-state index in [2.05, 4.69) is 50.5 Å². The topological polar surface area (TPSA) is 112 Å². The molecule has 0 saturated carbocycles. The summed E-state index contributed by atoms with van der Waals surface area (Å²) in [5, 5.41) is 27.7. The van der Waals surface area contributed by atoms with Gasteiger partial charge in [0.2, 0.25) is 0 Å². The number of halogens is 1. The fourth-order valence-electron chi connectivity index (χ4n) is 5.08. The SMILES string of the molecule is CCCC(N)(CC)c1ccc(N=Nc2c(O)c(C(=O)NN=Cc3ccccc3Br)cc3cc4ccccc4cc23)cc1. The first kappa shape index (κ1) is 29.1. The molecule has 0 bridgehead atoms. The molecule has 4 N–H and O–H groups in total. The van der Waals surface area contributed by atoms with Gasteiger partial charge in [0, 0.05) is 21.0 Å². The molecule has 8 heteroatoms. The van der Waals surface area contributed by atoms with E-state index in [9.17, 15) is 9.90 Å². The number of azo groups is 1. The van der Waals surface area contributed by atoms with Crippen LogP contribution in [-0.2, 0) is 5.54 Å². The fraction of sp³-hybridized carbons (Fsp3) is 0.176. The molecule has 42 heavy (non-hydrogen) atoms. The Morgan fingerprint density at radius 2 is 1.62 bits per heavy atom. The molecular formula is C34H32BrN5O2. The minimum Gasteiger partial charge on any atom is -0.505 e. The van der Waals surface area contributed by atoms with Crippen molar-refractivity contribution in [3.8, 4) is 5.75 Å². The quantitative estimate of drug-likeness (QED) is 0.0660. The third-order valence-electron chi connectivity index (χ3n) is 7.51. The molecule has 0 radical (unpaired) electrons. The summed E-state index contributed by atoms with van der Waals surface area (Å²) in [5.74, 6) is -0.844. The number of rotatable bonds is 9. The van der Waals surface area contributed by atoms with E-state index in [4.69, 9.17) is 5.73 Å². The summed E-state index contributed by atoms with van der Waals surface area (Å²) in [5.41, 5.74) is 11.5. The second-order valence-electron chi connectivity index (χ2n) is 10.3. The van der Waals surface area contributed by atoms with Crippen LogP contribution in [0.15, 0.2) is 111 Å². The Morgan fingerprint density at radius 3 is 2.31 bits per heavy atom. The number of hydrazone groups is 1. The van der Waals surface area contributed by atoms with Crippen molar-refractivity contribution in [2.75, 3.05) is 0 Å². The summed E-state index contributed by atoms with van der Waals surface area (Å²) in [6.45, 7) is 4.22. The molecule has 1 atom stereocenters. The second kappa shape index (κ2) is 12.6. The normalized spacial score (nSPS) is 13.2. The molecule has 5 aromatic carbocycles. The van der Waals surface area contributed by atoms with E-state index in [1.807, 2.05) is 84.9 Å². The monoisotopic (exact) mass is 621 g/mol. The first-order valence-electron chi connectivity index (χ1n) is 13.9. The van der Waals surface area contributed by atoms with Crippen molar-refractivity contribution in [2.45, 2.75) is 38.6 Å². The Morgan fingerprint density at radius 1 is 0.929 bits per heavy atom. The van der Waals surface area contributed by atoms with Gasteiger partial charge in [-0.15, -0.1) is 5.11 Å². The molecule has 5 rings (SSSR count). The summed E-state index contributed by atoms with van der Waals surface area (Å²) in [7, 11) is 0. The van der Waals surface area contributed by atoms with Gasteiger partial charge in [-0.25, -0.2) is 5.43 Å². The molecule has 5 aromatic rings. The zero-order valence-electron chi connectivity index (χ0n) is 23.5. The van der Waals surface area contributed by atoms with Gasteiger partial charge >= 0.3 is 0 Å². The van der Waals surface area contributed by atoms with E-state index in [0.717, 1.165) is 51.0 Å². The van der Waals surface area contributed by atoms with Crippen LogP contribution in [0.1, 0.15) is 54.6 Å². The lowest BCUT2D eigenvalue weighted by Gasteiger charge is -2.28. The highest BCUT2D eigenvalue weighted by atomic mass is 79.9. The third kappa shape index (κ3) is 6.10. The highest BCUT2D eigenvalue weighted by molar-refractivity contribution is 9.10. The van der Waals surface area contributed by atoms with Crippen molar-refractivity contribution in [3.05, 3.63) is 112 Å². The molecule has 0 fully saturated rings. The van der Waals surface area contributed by atoms with E-state index in [1.165, 1.54) is 6.21 Å². The lowest BCUT2D eigenvalue weighted by Crippen LogP contribution is -2.35. The van der Waals surface area contributed by atoms with Crippen LogP contribution in [0.5, 0.6) is 5.75 Å². The number of fused-ring (bicyclic) bond motifs is 2. The number of hydrogen-bond donors (Lipinski definition) is 3. The predicted molar refractivity (Wildman–Crippen MR) is 174 cm³/mol. The van der Waals surface area contributed by atoms with E-state index < -0.39 is 5.91 Å². The highest BCUT2D eigenvalue weighted by Gasteiger charge is 2.24. The van der Waals surface area contributed by atoms with Crippen molar-refractivity contribution in [2.24, 2.45) is 21.1 Å². The van der Waals surface area contributed by atoms with Crippen molar-refractivity contribution in [1.29, 1.82) is 0 Å². The maximum absolute atomic E-state index is 13.2. The van der Waals surface area contributed by atoms with Crippen molar-refractivity contribution < 1.29 is 9.90 Å². The Balaban J connectivity index is 1.53. The van der Waals surface area contributed by atoms with Crippen LogP contribution < -0.4 is 11.2 Å². The first-order valence-corrected chi connectivity index (χ1v) is 14.7. The smallest absolute Gasteiger partial charge is 0.275 e. The van der Waals surface area contributed by atoms with E-state index >= 15 is 0 Å². The van der Waals surface area contributed by atoms with E-state index in [0.29, 0.717) is 11.1 Å². The van der Waals surface area contributed by atoms with Gasteiger partial charge in [0.05, 0.1) is 17.5 Å². The number of aromatic hydroxyl groups is 1.